The number of halogens is 1. The molecule has 38 heavy (non-hydrogen) atoms. The van der Waals surface area contributed by atoms with Crippen molar-refractivity contribution in [3.8, 4) is 12.5 Å². The summed E-state index contributed by atoms with van der Waals surface area (Å²) in [6, 6.07) is 11.1. The molecule has 2 rings (SSSR count). The molecule has 0 aliphatic carbocycles. The van der Waals surface area contributed by atoms with Crippen molar-refractivity contribution >= 4 is 35.2 Å². The number of terminal acetylenes is 1. The van der Waals surface area contributed by atoms with E-state index in [0.29, 0.717) is 22.7 Å². The highest BCUT2D eigenvalue weighted by Crippen LogP contribution is 2.31. The van der Waals surface area contributed by atoms with E-state index in [1.54, 1.807) is 32.9 Å². The van der Waals surface area contributed by atoms with Gasteiger partial charge >= 0.3 is 6.09 Å². The number of amides is 3. The van der Waals surface area contributed by atoms with E-state index in [-0.39, 0.29) is 5.92 Å². The molecule has 3 amide bonds. The van der Waals surface area contributed by atoms with Crippen LogP contribution in [0.1, 0.15) is 69.3 Å². The number of hydrogen-bond acceptors (Lipinski definition) is 4. The SMILES string of the molecule is C#CN(C(=O)C(NC(=O)OC(C)(C)C)C(C)CC)C(C(=O)Nc1c(C)cccc1Cl)c1cc(C)ccc1C. The quantitative estimate of drug-likeness (QED) is 0.304. The van der Waals surface area contributed by atoms with Gasteiger partial charge in [-0.2, -0.15) is 0 Å². The van der Waals surface area contributed by atoms with Crippen molar-refractivity contribution in [1.29, 1.82) is 0 Å². The molecule has 0 bridgehead atoms. The van der Waals surface area contributed by atoms with E-state index in [9.17, 15) is 14.4 Å². The summed E-state index contributed by atoms with van der Waals surface area (Å²) in [5.41, 5.74) is 2.68. The lowest BCUT2D eigenvalue weighted by atomic mass is 9.94. The number of nitrogens with zero attached hydrogens (tertiary/aromatic N) is 1. The summed E-state index contributed by atoms with van der Waals surface area (Å²) >= 11 is 6.38. The first kappa shape index (κ1) is 30.7. The second kappa shape index (κ2) is 12.8. The molecule has 204 valence electrons. The maximum absolute atomic E-state index is 14.0. The molecule has 7 nitrogen and oxygen atoms in total. The molecule has 2 N–H and O–H groups in total. The molecule has 0 aliphatic heterocycles. The van der Waals surface area contributed by atoms with Crippen LogP contribution in [0.4, 0.5) is 10.5 Å². The average molecular weight is 540 g/mol. The maximum atomic E-state index is 14.0. The fraction of sp³-hybridized carbons (Fsp3) is 0.433. The Labute approximate surface area is 231 Å². The molecule has 8 heteroatoms. The Balaban J connectivity index is 2.59. The molecule has 0 radical (unpaired) electrons. The number of ether oxygens (including phenoxy) is 1. The van der Waals surface area contributed by atoms with Crippen LogP contribution in [0.3, 0.4) is 0 Å². The summed E-state index contributed by atoms with van der Waals surface area (Å²) in [4.78, 5) is 41.6. The molecule has 0 fully saturated rings. The molecule has 0 spiro atoms. The van der Waals surface area contributed by atoms with Gasteiger partial charge in [0.25, 0.3) is 11.8 Å². The minimum Gasteiger partial charge on any atom is -0.444 e. The highest BCUT2D eigenvalue weighted by molar-refractivity contribution is 6.34. The van der Waals surface area contributed by atoms with Crippen LogP contribution in [-0.2, 0) is 14.3 Å². The molecular weight excluding hydrogens is 502 g/mol. The van der Waals surface area contributed by atoms with Crippen LogP contribution in [0, 0.1) is 39.2 Å². The van der Waals surface area contributed by atoms with Gasteiger partial charge in [0.05, 0.1) is 10.7 Å². The van der Waals surface area contributed by atoms with Gasteiger partial charge in [-0.05, 0) is 70.2 Å². The van der Waals surface area contributed by atoms with Crippen LogP contribution < -0.4 is 10.6 Å². The number of aryl methyl sites for hydroxylation is 3. The summed E-state index contributed by atoms with van der Waals surface area (Å²) in [5.74, 6) is -1.41. The third kappa shape index (κ3) is 7.75. The van der Waals surface area contributed by atoms with Crippen molar-refractivity contribution in [2.24, 2.45) is 5.92 Å². The molecular formula is C30H38ClN3O4. The molecule has 2 aromatic rings. The van der Waals surface area contributed by atoms with E-state index in [0.717, 1.165) is 21.6 Å². The van der Waals surface area contributed by atoms with Gasteiger partial charge in [-0.15, -0.1) is 0 Å². The summed E-state index contributed by atoms with van der Waals surface area (Å²) < 4.78 is 5.39. The van der Waals surface area contributed by atoms with Crippen molar-refractivity contribution in [1.82, 2.24) is 10.2 Å². The molecule has 3 unspecified atom stereocenters. The third-order valence-electron chi connectivity index (χ3n) is 6.23. The highest BCUT2D eigenvalue weighted by Gasteiger charge is 2.38. The van der Waals surface area contributed by atoms with Gasteiger partial charge in [0.2, 0.25) is 0 Å². The number of para-hydroxylation sites is 1. The lowest BCUT2D eigenvalue weighted by molar-refractivity contribution is -0.137. The molecule has 0 aliphatic rings. The van der Waals surface area contributed by atoms with E-state index in [1.165, 1.54) is 0 Å². The molecule has 0 heterocycles. The van der Waals surface area contributed by atoms with Crippen molar-refractivity contribution in [2.75, 3.05) is 5.32 Å². The molecule has 0 saturated carbocycles. The monoisotopic (exact) mass is 539 g/mol. The van der Waals surface area contributed by atoms with E-state index in [1.807, 2.05) is 58.9 Å². The summed E-state index contributed by atoms with van der Waals surface area (Å²) in [7, 11) is 0. The van der Waals surface area contributed by atoms with Crippen molar-refractivity contribution in [3.63, 3.8) is 0 Å². The first-order valence-corrected chi connectivity index (χ1v) is 13.0. The highest BCUT2D eigenvalue weighted by atomic mass is 35.5. The summed E-state index contributed by atoms with van der Waals surface area (Å²) in [6.45, 7) is 14.5. The minimum atomic E-state index is -1.19. The number of hydrogen-bond donors (Lipinski definition) is 2. The fourth-order valence-electron chi connectivity index (χ4n) is 3.97. The average Bonchev–Trinajstić information content (AvgIpc) is 2.83. The van der Waals surface area contributed by atoms with Gasteiger partial charge in [0, 0.05) is 6.04 Å². The smallest absolute Gasteiger partial charge is 0.408 e. The van der Waals surface area contributed by atoms with Gasteiger partial charge < -0.3 is 15.4 Å². The topological polar surface area (TPSA) is 87.7 Å². The largest absolute Gasteiger partial charge is 0.444 e. The number of anilines is 1. The van der Waals surface area contributed by atoms with Crippen LogP contribution in [-0.4, -0.2) is 34.5 Å². The number of benzene rings is 2. The van der Waals surface area contributed by atoms with Gasteiger partial charge in [0.15, 0.2) is 0 Å². The van der Waals surface area contributed by atoms with E-state index >= 15 is 0 Å². The van der Waals surface area contributed by atoms with Gasteiger partial charge in [-0.3, -0.25) is 14.5 Å². The number of rotatable bonds is 8. The van der Waals surface area contributed by atoms with Crippen molar-refractivity contribution in [2.45, 2.75) is 79.5 Å². The maximum Gasteiger partial charge on any atom is 0.408 e. The van der Waals surface area contributed by atoms with Gasteiger partial charge in [-0.1, -0.05) is 74.2 Å². The first-order valence-electron chi connectivity index (χ1n) is 12.6. The number of nitrogens with one attached hydrogen (secondary N) is 2. The Kier molecular flexibility index (Phi) is 10.4. The zero-order valence-electron chi connectivity index (χ0n) is 23.4. The molecule has 2 aromatic carbocycles. The predicted octanol–water partition coefficient (Wildman–Crippen LogP) is 6.30. The van der Waals surface area contributed by atoms with Crippen LogP contribution in [0.2, 0.25) is 5.02 Å². The van der Waals surface area contributed by atoms with Crippen LogP contribution in [0.15, 0.2) is 36.4 Å². The van der Waals surface area contributed by atoms with Crippen LogP contribution in [0.5, 0.6) is 0 Å². The lowest BCUT2D eigenvalue weighted by Gasteiger charge is -2.33. The minimum absolute atomic E-state index is 0.293. The first-order chi connectivity index (χ1) is 17.7. The lowest BCUT2D eigenvalue weighted by Crippen LogP contribution is -2.53. The molecule has 0 saturated heterocycles. The van der Waals surface area contributed by atoms with E-state index in [4.69, 9.17) is 22.8 Å². The second-order valence-electron chi connectivity index (χ2n) is 10.5. The van der Waals surface area contributed by atoms with Gasteiger partial charge in [0.1, 0.15) is 17.7 Å². The zero-order chi connectivity index (χ0) is 28.8. The second-order valence-corrected chi connectivity index (χ2v) is 10.9. The Morgan fingerprint density at radius 3 is 2.32 bits per heavy atom. The zero-order valence-corrected chi connectivity index (χ0v) is 24.2. The van der Waals surface area contributed by atoms with Crippen molar-refractivity contribution < 1.29 is 19.1 Å². The Morgan fingerprint density at radius 2 is 1.76 bits per heavy atom. The Morgan fingerprint density at radius 1 is 1.11 bits per heavy atom. The predicted molar refractivity (Wildman–Crippen MR) is 152 cm³/mol. The third-order valence-corrected chi connectivity index (χ3v) is 6.55. The number of carbonyl (C=O) groups excluding carboxylic acids is 3. The summed E-state index contributed by atoms with van der Waals surface area (Å²) in [6.07, 6.45) is 5.74. The normalized spacial score (nSPS) is 13.5. The van der Waals surface area contributed by atoms with Crippen LogP contribution in [0.25, 0.3) is 0 Å². The molecule has 0 aromatic heterocycles. The number of alkyl carbamates (subject to hydrolysis) is 1. The van der Waals surface area contributed by atoms with E-state index in [2.05, 4.69) is 16.7 Å². The van der Waals surface area contributed by atoms with Crippen LogP contribution >= 0.6 is 11.6 Å². The van der Waals surface area contributed by atoms with Gasteiger partial charge in [-0.25, -0.2) is 4.79 Å². The standard InChI is InChI=1S/C30H38ClN3O4/c1-10-19(4)25(33-29(37)38-30(7,8)9)28(36)34(11-2)26(22-17-18(3)15-16-20(22)5)27(35)32-24-21(6)13-12-14-23(24)31/h2,12-17,19,25-26H,10H2,1,3-9H3,(H,32,35)(H,33,37). The Hall–Kier alpha value is -3.50. The van der Waals surface area contributed by atoms with E-state index < -0.39 is 35.6 Å². The molecule has 3 atom stereocenters. The summed E-state index contributed by atoms with van der Waals surface area (Å²) in [5, 5.41) is 5.91. The Bertz CT molecular complexity index is 1210. The number of carbonyl (C=O) groups is 3. The van der Waals surface area contributed by atoms with Crippen molar-refractivity contribution in [3.05, 3.63) is 63.7 Å². The fourth-order valence-corrected chi connectivity index (χ4v) is 4.24.